The molecule has 0 saturated carbocycles. The van der Waals surface area contributed by atoms with E-state index in [1.807, 2.05) is 6.07 Å². The quantitative estimate of drug-likeness (QED) is 0.163. The predicted molar refractivity (Wildman–Crippen MR) is 228 cm³/mol. The summed E-state index contributed by atoms with van der Waals surface area (Å²) in [4.78, 5) is 10.4. The van der Waals surface area contributed by atoms with Crippen LogP contribution in [0.3, 0.4) is 0 Å². The minimum absolute atomic E-state index is 0.735. The lowest BCUT2D eigenvalue weighted by Crippen LogP contribution is -2.02. The van der Waals surface area contributed by atoms with Crippen LogP contribution < -0.4 is 0 Å². The Morgan fingerprint density at radius 2 is 0.833 bits per heavy atom. The van der Waals surface area contributed by atoms with Crippen molar-refractivity contribution in [2.45, 2.75) is 12.8 Å². The molecular formula is C52H36N2. The molecule has 1 aromatic heterocycles. The minimum atomic E-state index is 0.735. The second-order valence-electron chi connectivity index (χ2n) is 14.0. The van der Waals surface area contributed by atoms with E-state index in [1.54, 1.807) is 0 Å². The topological polar surface area (TPSA) is 25.8 Å². The van der Waals surface area contributed by atoms with E-state index in [2.05, 4.69) is 188 Å². The third-order valence-corrected chi connectivity index (χ3v) is 10.8. The highest BCUT2D eigenvalue weighted by Gasteiger charge is 2.19. The Labute approximate surface area is 315 Å². The molecular weight excluding hydrogens is 653 g/mol. The van der Waals surface area contributed by atoms with Gasteiger partial charge in [-0.2, -0.15) is 0 Å². The number of aromatic nitrogens is 2. The standard InChI is InChI=1S/C52H36N2/c1-3-15-35(16-4-1)37-19-14-22-41(32-37)50-34-51(54-52(53-50)36-17-5-2-6-18-36)48-28-12-7-23-42(48)40-21-13-20-38(31-40)39-29-30-47-45-26-9-8-24-43(45)44-25-10-11-27-46(44)49(47)33-39/h1-11,13-27,29-34H,12,28H2. The summed E-state index contributed by atoms with van der Waals surface area (Å²) in [5, 5.41) is 7.73. The van der Waals surface area contributed by atoms with Gasteiger partial charge >= 0.3 is 0 Å². The van der Waals surface area contributed by atoms with Crippen molar-refractivity contribution in [2.24, 2.45) is 0 Å². The van der Waals surface area contributed by atoms with Crippen molar-refractivity contribution in [1.82, 2.24) is 9.97 Å². The zero-order valence-corrected chi connectivity index (χ0v) is 29.8. The molecule has 1 aliphatic rings. The van der Waals surface area contributed by atoms with E-state index in [4.69, 9.17) is 9.97 Å². The second-order valence-corrected chi connectivity index (χ2v) is 14.0. The second kappa shape index (κ2) is 13.6. The first kappa shape index (κ1) is 31.8. The van der Waals surface area contributed by atoms with Crippen LogP contribution in [-0.2, 0) is 0 Å². The third kappa shape index (κ3) is 5.79. The maximum absolute atomic E-state index is 5.27. The highest BCUT2D eigenvalue weighted by molar-refractivity contribution is 6.25. The molecule has 0 fully saturated rings. The lowest BCUT2D eigenvalue weighted by molar-refractivity contribution is 1.03. The molecule has 0 bridgehead atoms. The van der Waals surface area contributed by atoms with Crippen molar-refractivity contribution in [3.05, 3.63) is 205 Å². The Morgan fingerprint density at radius 3 is 1.54 bits per heavy atom. The number of rotatable bonds is 6. The van der Waals surface area contributed by atoms with Crippen LogP contribution in [0.4, 0.5) is 0 Å². The fourth-order valence-electron chi connectivity index (χ4n) is 8.11. The molecule has 0 unspecified atom stereocenters. The number of benzene rings is 8. The van der Waals surface area contributed by atoms with Gasteiger partial charge in [0.15, 0.2) is 5.82 Å². The van der Waals surface area contributed by atoms with E-state index in [0.717, 1.165) is 41.2 Å². The Balaban J connectivity index is 1.11. The Bertz CT molecular complexity index is 2880. The number of hydrogen-bond acceptors (Lipinski definition) is 2. The third-order valence-electron chi connectivity index (χ3n) is 10.8. The summed E-state index contributed by atoms with van der Waals surface area (Å²) in [5.74, 6) is 0.735. The van der Waals surface area contributed by atoms with Gasteiger partial charge in [-0.25, -0.2) is 9.97 Å². The first-order chi connectivity index (χ1) is 26.8. The first-order valence-electron chi connectivity index (χ1n) is 18.7. The molecule has 54 heavy (non-hydrogen) atoms. The van der Waals surface area contributed by atoms with Gasteiger partial charge in [0, 0.05) is 11.1 Å². The number of fused-ring (bicyclic) bond motifs is 6. The summed E-state index contributed by atoms with van der Waals surface area (Å²) in [5.41, 5.74) is 12.4. The van der Waals surface area contributed by atoms with Crippen LogP contribution in [0.15, 0.2) is 194 Å². The van der Waals surface area contributed by atoms with Crippen LogP contribution >= 0.6 is 0 Å². The predicted octanol–water partition coefficient (Wildman–Crippen LogP) is 13.9. The molecule has 2 heteroatoms. The van der Waals surface area contributed by atoms with Crippen molar-refractivity contribution in [1.29, 1.82) is 0 Å². The maximum Gasteiger partial charge on any atom is 0.160 e. The molecule has 0 saturated heterocycles. The summed E-state index contributed by atoms with van der Waals surface area (Å²) >= 11 is 0. The van der Waals surface area contributed by atoms with Crippen LogP contribution in [0.1, 0.15) is 24.1 Å². The van der Waals surface area contributed by atoms with Crippen LogP contribution in [0.25, 0.3) is 88.4 Å². The molecule has 9 aromatic rings. The van der Waals surface area contributed by atoms with Gasteiger partial charge in [0.2, 0.25) is 0 Å². The van der Waals surface area contributed by atoms with E-state index in [0.29, 0.717) is 0 Å². The summed E-state index contributed by atoms with van der Waals surface area (Å²) in [7, 11) is 0. The number of nitrogens with zero attached hydrogens (tertiary/aromatic N) is 2. The molecule has 254 valence electrons. The van der Waals surface area contributed by atoms with Gasteiger partial charge in [0.1, 0.15) is 0 Å². The minimum Gasteiger partial charge on any atom is -0.228 e. The normalized spacial score (nSPS) is 12.9. The monoisotopic (exact) mass is 688 g/mol. The molecule has 2 nitrogen and oxygen atoms in total. The lowest BCUT2D eigenvalue weighted by Gasteiger charge is -2.19. The summed E-state index contributed by atoms with van der Waals surface area (Å²) in [6.07, 6.45) is 6.45. The van der Waals surface area contributed by atoms with Gasteiger partial charge < -0.3 is 0 Å². The highest BCUT2D eigenvalue weighted by Crippen LogP contribution is 2.40. The summed E-state index contributed by atoms with van der Waals surface area (Å²) in [6.45, 7) is 0. The highest BCUT2D eigenvalue weighted by atomic mass is 14.9. The zero-order chi connectivity index (χ0) is 35.8. The Hall–Kier alpha value is -6.90. The van der Waals surface area contributed by atoms with Crippen molar-refractivity contribution < 1.29 is 0 Å². The molecule has 0 N–H and O–H groups in total. The molecule has 1 aliphatic carbocycles. The average molecular weight is 689 g/mol. The SMILES string of the molecule is C1=CC(c2cccc(-c3ccc4c5ccccc5c5ccccc5c4c3)c2)=C(c2cc(-c3cccc(-c4ccccc4)c3)nc(-c3ccccc3)n2)CC1. The van der Waals surface area contributed by atoms with Crippen LogP contribution in [0.5, 0.6) is 0 Å². The molecule has 8 aromatic carbocycles. The molecule has 0 aliphatic heterocycles. The molecule has 0 amide bonds. The number of allylic oxidation sites excluding steroid dienone is 4. The van der Waals surface area contributed by atoms with Crippen LogP contribution in [0, 0.1) is 0 Å². The smallest absolute Gasteiger partial charge is 0.160 e. The van der Waals surface area contributed by atoms with Crippen LogP contribution in [0.2, 0.25) is 0 Å². The zero-order valence-electron chi connectivity index (χ0n) is 29.8. The van der Waals surface area contributed by atoms with Crippen molar-refractivity contribution in [3.8, 4) is 44.9 Å². The van der Waals surface area contributed by atoms with E-state index >= 15 is 0 Å². The molecule has 1 heterocycles. The molecule has 0 atom stereocenters. The molecule has 0 spiro atoms. The largest absolute Gasteiger partial charge is 0.228 e. The van der Waals surface area contributed by atoms with Gasteiger partial charge in [0.25, 0.3) is 0 Å². The van der Waals surface area contributed by atoms with Gasteiger partial charge in [-0.15, -0.1) is 0 Å². The fourth-order valence-corrected chi connectivity index (χ4v) is 8.11. The van der Waals surface area contributed by atoms with Gasteiger partial charge in [-0.1, -0.05) is 170 Å². The maximum atomic E-state index is 5.27. The first-order valence-corrected chi connectivity index (χ1v) is 18.7. The van der Waals surface area contributed by atoms with E-state index < -0.39 is 0 Å². The Morgan fingerprint density at radius 1 is 0.333 bits per heavy atom. The molecule has 0 radical (unpaired) electrons. The lowest BCUT2D eigenvalue weighted by atomic mass is 9.88. The fraction of sp³-hybridized carbons (Fsp3) is 0.0385. The van der Waals surface area contributed by atoms with E-state index in [9.17, 15) is 0 Å². The van der Waals surface area contributed by atoms with Crippen molar-refractivity contribution in [2.75, 3.05) is 0 Å². The van der Waals surface area contributed by atoms with Crippen LogP contribution in [-0.4, -0.2) is 9.97 Å². The van der Waals surface area contributed by atoms with Gasteiger partial charge in [0.05, 0.1) is 11.4 Å². The number of hydrogen-bond donors (Lipinski definition) is 0. The van der Waals surface area contributed by atoms with Gasteiger partial charge in [-0.05, 0) is 108 Å². The molecule has 10 rings (SSSR count). The van der Waals surface area contributed by atoms with E-state index in [-0.39, 0.29) is 0 Å². The average Bonchev–Trinajstić information content (AvgIpc) is 3.27. The van der Waals surface area contributed by atoms with Crippen molar-refractivity contribution >= 4 is 43.5 Å². The summed E-state index contributed by atoms with van der Waals surface area (Å²) < 4.78 is 0. The van der Waals surface area contributed by atoms with E-state index in [1.165, 1.54) is 71.3 Å². The Kier molecular flexibility index (Phi) is 8.00. The summed E-state index contributed by atoms with van der Waals surface area (Å²) in [6, 6.07) is 65.3. The van der Waals surface area contributed by atoms with Gasteiger partial charge in [-0.3, -0.25) is 0 Å². The van der Waals surface area contributed by atoms with Crippen molar-refractivity contribution in [3.63, 3.8) is 0 Å².